The molecule has 25 heavy (non-hydrogen) atoms. The molecular weight excluding hydrogens is 312 g/mol. The van der Waals surface area contributed by atoms with E-state index in [1.165, 1.54) is 5.57 Å². The molecule has 2 saturated heterocycles. The Balaban J connectivity index is 2.00. The predicted molar refractivity (Wildman–Crippen MR) is 101 cm³/mol. The van der Waals surface area contributed by atoms with Crippen molar-refractivity contribution in [3.63, 3.8) is 0 Å². The van der Waals surface area contributed by atoms with Crippen molar-refractivity contribution in [1.82, 2.24) is 4.90 Å². The maximum atomic E-state index is 12.1. The largest absolute Gasteiger partial charge is 0.293 e. The fourth-order valence-corrected chi connectivity index (χ4v) is 5.08. The monoisotopic (exact) mass is 342 g/mol. The van der Waals surface area contributed by atoms with E-state index in [4.69, 9.17) is 0 Å². The van der Waals surface area contributed by atoms with Crippen molar-refractivity contribution in [2.45, 2.75) is 64.5 Å². The van der Waals surface area contributed by atoms with Crippen molar-refractivity contribution in [2.75, 3.05) is 13.1 Å². The zero-order valence-corrected chi connectivity index (χ0v) is 15.6. The first kappa shape index (κ1) is 18.1. The molecule has 136 valence electrons. The number of hydrogen-bond acceptors (Lipinski definition) is 3. The van der Waals surface area contributed by atoms with Crippen LogP contribution in [0.25, 0.3) is 0 Å². The first-order valence-corrected chi connectivity index (χ1v) is 9.48. The summed E-state index contributed by atoms with van der Waals surface area (Å²) in [5.41, 5.74) is 2.38. The summed E-state index contributed by atoms with van der Waals surface area (Å²) in [6.07, 6.45) is 6.29. The number of nitrogens with zero attached hydrogens (tertiary/aromatic N) is 2. The lowest BCUT2D eigenvalue weighted by molar-refractivity contribution is -0.542. The summed E-state index contributed by atoms with van der Waals surface area (Å²) in [5.74, 6) is -0.0198. The van der Waals surface area contributed by atoms with E-state index >= 15 is 0 Å². The molecular formula is C21H30N2O2. The van der Waals surface area contributed by atoms with Crippen molar-refractivity contribution in [1.29, 1.82) is 0 Å². The standard InChI is InChI=1S/C21H30N2O2/c1-16(2)9-7-13-21(3)15-22-14-8-12-18(22)20(23(24)25)19(21)17-10-5-4-6-11-17/h4-6,9-11,18-20H,7-8,12-15H2,1-3H3. The van der Waals surface area contributed by atoms with Gasteiger partial charge in [0, 0.05) is 11.5 Å². The van der Waals surface area contributed by atoms with E-state index in [-0.39, 0.29) is 22.3 Å². The summed E-state index contributed by atoms with van der Waals surface area (Å²) in [6.45, 7) is 8.49. The molecule has 2 heterocycles. The van der Waals surface area contributed by atoms with Crippen molar-refractivity contribution in [2.24, 2.45) is 5.41 Å². The van der Waals surface area contributed by atoms with Gasteiger partial charge in [-0.3, -0.25) is 15.0 Å². The Kier molecular flexibility index (Phi) is 5.28. The van der Waals surface area contributed by atoms with Gasteiger partial charge in [-0.15, -0.1) is 0 Å². The molecule has 0 amide bonds. The van der Waals surface area contributed by atoms with Crippen LogP contribution in [0.3, 0.4) is 0 Å². The van der Waals surface area contributed by atoms with E-state index in [9.17, 15) is 10.1 Å². The third kappa shape index (κ3) is 3.64. The molecule has 0 aliphatic carbocycles. The van der Waals surface area contributed by atoms with Crippen LogP contribution in [0.15, 0.2) is 42.0 Å². The first-order chi connectivity index (χ1) is 11.9. The molecule has 0 spiro atoms. The Morgan fingerprint density at radius 3 is 2.72 bits per heavy atom. The number of rotatable bonds is 5. The lowest BCUT2D eigenvalue weighted by Gasteiger charge is -2.49. The fraction of sp³-hybridized carbons (Fsp3) is 0.619. The van der Waals surface area contributed by atoms with E-state index < -0.39 is 6.04 Å². The minimum Gasteiger partial charge on any atom is -0.293 e. The van der Waals surface area contributed by atoms with Gasteiger partial charge in [0.2, 0.25) is 6.04 Å². The molecule has 4 nitrogen and oxygen atoms in total. The van der Waals surface area contributed by atoms with E-state index in [0.717, 1.165) is 44.3 Å². The smallest absolute Gasteiger partial charge is 0.235 e. The van der Waals surface area contributed by atoms with Gasteiger partial charge in [-0.05, 0) is 57.1 Å². The van der Waals surface area contributed by atoms with Crippen molar-refractivity contribution < 1.29 is 4.92 Å². The van der Waals surface area contributed by atoms with Crippen LogP contribution in [0.5, 0.6) is 0 Å². The third-order valence-corrected chi connectivity index (χ3v) is 6.14. The maximum Gasteiger partial charge on any atom is 0.235 e. The SMILES string of the molecule is CC(C)=CCCC1(C)CN2CCCC2C([N+](=O)[O-])C1c1ccccc1. The topological polar surface area (TPSA) is 46.4 Å². The predicted octanol–water partition coefficient (Wildman–Crippen LogP) is 4.65. The van der Waals surface area contributed by atoms with Gasteiger partial charge in [0.05, 0.1) is 12.0 Å². The van der Waals surface area contributed by atoms with Crippen LogP contribution >= 0.6 is 0 Å². The van der Waals surface area contributed by atoms with Crippen LogP contribution in [-0.2, 0) is 0 Å². The van der Waals surface area contributed by atoms with Crippen molar-refractivity contribution in [3.8, 4) is 0 Å². The molecule has 0 saturated carbocycles. The Morgan fingerprint density at radius 1 is 1.36 bits per heavy atom. The lowest BCUT2D eigenvalue weighted by atomic mass is 9.63. The van der Waals surface area contributed by atoms with Crippen molar-refractivity contribution in [3.05, 3.63) is 57.7 Å². The van der Waals surface area contributed by atoms with Crippen LogP contribution in [0.4, 0.5) is 0 Å². The Labute approximate surface area is 151 Å². The second-order valence-electron chi connectivity index (χ2n) is 8.32. The van der Waals surface area contributed by atoms with Crippen molar-refractivity contribution >= 4 is 0 Å². The molecule has 4 unspecified atom stereocenters. The number of benzene rings is 1. The summed E-state index contributed by atoms with van der Waals surface area (Å²) >= 11 is 0. The average molecular weight is 342 g/mol. The zero-order chi connectivity index (χ0) is 18.0. The molecule has 2 fully saturated rings. The van der Waals surface area contributed by atoms with Gasteiger partial charge in [0.25, 0.3) is 0 Å². The third-order valence-electron chi connectivity index (χ3n) is 6.14. The Bertz CT molecular complexity index is 639. The lowest BCUT2D eigenvalue weighted by Crippen LogP contribution is -2.59. The average Bonchev–Trinajstić information content (AvgIpc) is 3.00. The summed E-state index contributed by atoms with van der Waals surface area (Å²) in [4.78, 5) is 14.5. The van der Waals surface area contributed by atoms with Crippen LogP contribution < -0.4 is 0 Å². The molecule has 3 rings (SSSR count). The van der Waals surface area contributed by atoms with Gasteiger partial charge in [-0.2, -0.15) is 0 Å². The minimum atomic E-state index is -0.504. The number of fused-ring (bicyclic) bond motifs is 1. The summed E-state index contributed by atoms with van der Waals surface area (Å²) in [7, 11) is 0. The highest BCUT2D eigenvalue weighted by Gasteiger charge is 2.56. The number of piperidine rings is 1. The normalized spacial score (nSPS) is 32.2. The Hall–Kier alpha value is -1.68. The quantitative estimate of drug-likeness (QED) is 0.445. The van der Waals surface area contributed by atoms with Gasteiger partial charge in [-0.25, -0.2) is 0 Å². The molecule has 1 aromatic rings. The molecule has 4 heteroatoms. The first-order valence-electron chi connectivity index (χ1n) is 9.48. The molecule has 0 bridgehead atoms. The van der Waals surface area contributed by atoms with Crippen LogP contribution in [0, 0.1) is 15.5 Å². The molecule has 4 atom stereocenters. The summed E-state index contributed by atoms with van der Waals surface area (Å²) < 4.78 is 0. The highest BCUT2D eigenvalue weighted by molar-refractivity contribution is 5.26. The molecule has 2 aliphatic heterocycles. The van der Waals surface area contributed by atoms with E-state index in [1.807, 2.05) is 18.2 Å². The fourth-order valence-electron chi connectivity index (χ4n) is 5.08. The van der Waals surface area contributed by atoms with Gasteiger partial charge < -0.3 is 0 Å². The minimum absolute atomic E-state index is 0.0129. The van der Waals surface area contributed by atoms with Gasteiger partial charge >= 0.3 is 0 Å². The maximum absolute atomic E-state index is 12.1. The molecule has 0 aromatic heterocycles. The van der Waals surface area contributed by atoms with Crippen LogP contribution in [0.1, 0.15) is 57.9 Å². The molecule has 0 N–H and O–H groups in total. The molecule has 0 radical (unpaired) electrons. The highest BCUT2D eigenvalue weighted by Crippen LogP contribution is 2.50. The van der Waals surface area contributed by atoms with Crippen LogP contribution in [-0.4, -0.2) is 35.0 Å². The van der Waals surface area contributed by atoms with Gasteiger partial charge in [0.1, 0.15) is 0 Å². The zero-order valence-electron chi connectivity index (χ0n) is 15.6. The number of allylic oxidation sites excluding steroid dienone is 2. The molecule has 2 aliphatic rings. The summed E-state index contributed by atoms with van der Waals surface area (Å²) in [5, 5.41) is 12.1. The highest BCUT2D eigenvalue weighted by atomic mass is 16.6. The van der Waals surface area contributed by atoms with E-state index in [0.29, 0.717) is 0 Å². The van der Waals surface area contributed by atoms with Crippen LogP contribution in [0.2, 0.25) is 0 Å². The number of hydrogen-bond donors (Lipinski definition) is 0. The van der Waals surface area contributed by atoms with E-state index in [1.54, 1.807) is 0 Å². The van der Waals surface area contributed by atoms with Gasteiger partial charge in [0.15, 0.2) is 0 Å². The van der Waals surface area contributed by atoms with Gasteiger partial charge in [-0.1, -0.05) is 48.9 Å². The second kappa shape index (κ2) is 7.28. The summed E-state index contributed by atoms with van der Waals surface area (Å²) in [6, 6.07) is 9.80. The molecule has 1 aromatic carbocycles. The number of nitro groups is 1. The second-order valence-corrected chi connectivity index (χ2v) is 8.32. The Morgan fingerprint density at radius 2 is 2.08 bits per heavy atom. The van der Waals surface area contributed by atoms with E-state index in [2.05, 4.69) is 43.9 Å².